The van der Waals surface area contributed by atoms with Crippen molar-refractivity contribution in [1.82, 2.24) is 0 Å². The lowest BCUT2D eigenvalue weighted by atomic mass is 9.78. The fourth-order valence-corrected chi connectivity index (χ4v) is 11.2. The molecule has 0 spiro atoms. The summed E-state index contributed by atoms with van der Waals surface area (Å²) in [6.07, 6.45) is 4.65. The quantitative estimate of drug-likeness (QED) is 0.0953. The molecular formula is C69H58N2O. The fraction of sp³-hybridized carbons (Fsp3) is 0.101. The van der Waals surface area contributed by atoms with Crippen LogP contribution in [0.5, 0.6) is 5.75 Å². The molecule has 0 saturated carbocycles. The summed E-state index contributed by atoms with van der Waals surface area (Å²) < 4.78 is 6.36. The van der Waals surface area contributed by atoms with Gasteiger partial charge in [-0.05, 0) is 85.8 Å². The van der Waals surface area contributed by atoms with Crippen molar-refractivity contribution in [2.24, 2.45) is 0 Å². The van der Waals surface area contributed by atoms with Crippen molar-refractivity contribution in [3.8, 4) is 5.75 Å². The van der Waals surface area contributed by atoms with Gasteiger partial charge in [0.15, 0.2) is 0 Å². The summed E-state index contributed by atoms with van der Waals surface area (Å²) in [4.78, 5) is 5.04. The highest BCUT2D eigenvalue weighted by molar-refractivity contribution is 5.77. The molecule has 0 saturated heterocycles. The van der Waals surface area contributed by atoms with Gasteiger partial charge in [-0.1, -0.05) is 260 Å². The van der Waals surface area contributed by atoms with E-state index in [1.54, 1.807) is 7.11 Å². The highest BCUT2D eigenvalue weighted by atomic mass is 16.5. The van der Waals surface area contributed by atoms with Gasteiger partial charge in [-0.25, -0.2) is 0 Å². The van der Waals surface area contributed by atoms with Crippen LogP contribution in [0.1, 0.15) is 96.0 Å². The topological polar surface area (TPSA) is 15.7 Å². The maximum Gasteiger partial charge on any atom is 0.119 e. The number of ether oxygens (including phenoxy) is 1. The normalized spacial score (nSPS) is 12.4. The van der Waals surface area contributed by atoms with E-state index in [0.717, 1.165) is 11.4 Å². The Kier molecular flexibility index (Phi) is 13.4. The highest BCUT2D eigenvalue weighted by Gasteiger charge is 2.35. The number of aryl methyl sites for hydroxylation is 1. The number of benzene rings is 10. The van der Waals surface area contributed by atoms with Gasteiger partial charge >= 0.3 is 0 Å². The Labute approximate surface area is 425 Å². The Hall–Kier alpha value is -8.66. The maximum absolute atomic E-state index is 6.36. The molecular weight excluding hydrogens is 873 g/mol. The summed E-state index contributed by atoms with van der Waals surface area (Å²) in [5, 5.41) is 0. The number of methoxy groups -OCH3 is 1. The summed E-state index contributed by atoms with van der Waals surface area (Å²) in [7, 11) is 1.80. The van der Waals surface area contributed by atoms with Crippen LogP contribution in [0.3, 0.4) is 0 Å². The Morgan fingerprint density at radius 3 is 0.722 bits per heavy atom. The molecule has 0 radical (unpaired) electrons. The van der Waals surface area contributed by atoms with E-state index in [9.17, 15) is 0 Å². The van der Waals surface area contributed by atoms with Crippen molar-refractivity contribution >= 4 is 11.4 Å². The number of hydrogen-bond donors (Lipinski definition) is 0. The minimum Gasteiger partial charge on any atom is -0.497 e. The summed E-state index contributed by atoms with van der Waals surface area (Å²) in [6.45, 7) is 2.83. The minimum absolute atomic E-state index is 0.0520. The van der Waals surface area contributed by atoms with Crippen molar-refractivity contribution in [2.75, 3.05) is 23.6 Å². The molecule has 0 fully saturated rings. The summed E-state index contributed by atoms with van der Waals surface area (Å²) >= 11 is 0. The lowest BCUT2D eigenvalue weighted by Crippen LogP contribution is -2.29. The average Bonchev–Trinajstić information content (AvgIpc) is 3.93. The van der Waals surface area contributed by atoms with Gasteiger partial charge in [-0.2, -0.15) is 0 Å². The van der Waals surface area contributed by atoms with Crippen molar-refractivity contribution < 1.29 is 4.74 Å². The van der Waals surface area contributed by atoms with Crippen molar-refractivity contribution in [3.63, 3.8) is 0 Å². The molecule has 0 N–H and O–H groups in total. The molecule has 11 rings (SSSR count). The van der Waals surface area contributed by atoms with Crippen LogP contribution in [0.4, 0.5) is 11.4 Å². The Balaban J connectivity index is 1.18. The van der Waals surface area contributed by atoms with Crippen LogP contribution < -0.4 is 14.5 Å². The first-order valence-corrected chi connectivity index (χ1v) is 25.1. The van der Waals surface area contributed by atoms with E-state index in [1.165, 1.54) is 78.0 Å². The number of rotatable bonds is 15. The van der Waals surface area contributed by atoms with E-state index in [0.29, 0.717) is 6.67 Å². The van der Waals surface area contributed by atoms with E-state index < -0.39 is 0 Å². The van der Waals surface area contributed by atoms with Crippen LogP contribution in [0.2, 0.25) is 0 Å². The minimum atomic E-state index is -0.113. The molecule has 0 amide bonds. The van der Waals surface area contributed by atoms with Crippen LogP contribution in [0, 0.1) is 6.92 Å². The Bertz CT molecular complexity index is 3000. The predicted molar refractivity (Wildman–Crippen MR) is 298 cm³/mol. The van der Waals surface area contributed by atoms with Gasteiger partial charge in [0.2, 0.25) is 0 Å². The molecule has 0 unspecified atom stereocenters. The van der Waals surface area contributed by atoms with Crippen molar-refractivity contribution in [1.29, 1.82) is 0 Å². The Morgan fingerprint density at radius 2 is 0.514 bits per heavy atom. The van der Waals surface area contributed by atoms with Gasteiger partial charge < -0.3 is 14.5 Å². The zero-order chi connectivity index (χ0) is 48.6. The van der Waals surface area contributed by atoms with E-state index >= 15 is 0 Å². The molecule has 1 aliphatic heterocycles. The standard InChI is InChI=1S/C69H58N2O/c1-50-45-60(64(51-27-11-3-12-28-51)52-29-13-4-14-30-52)68(61(46-50)65(53-31-15-5-16-32-53)54-33-17-6-18-34-54)70-43-44-71(49-70)69-62(66(55-35-19-7-20-36-55)56-37-21-8-22-38-56)47-59(72-2)48-63(69)67(57-39-23-9-24-40-57)58-41-25-10-26-42-58/h3-48,64-67H,49H2,1-2H3. The van der Waals surface area contributed by atoms with Gasteiger partial charge in [-0.15, -0.1) is 0 Å². The van der Waals surface area contributed by atoms with Crippen LogP contribution in [-0.2, 0) is 0 Å². The third kappa shape index (κ3) is 9.38. The molecule has 3 heteroatoms. The van der Waals surface area contributed by atoms with E-state index in [4.69, 9.17) is 4.74 Å². The van der Waals surface area contributed by atoms with Gasteiger partial charge in [0.05, 0.1) is 25.2 Å². The highest BCUT2D eigenvalue weighted by Crippen LogP contribution is 2.50. The van der Waals surface area contributed by atoms with Crippen LogP contribution in [0.15, 0.2) is 279 Å². The molecule has 72 heavy (non-hydrogen) atoms. The van der Waals surface area contributed by atoms with E-state index in [2.05, 4.69) is 296 Å². The number of hydrogen-bond acceptors (Lipinski definition) is 3. The van der Waals surface area contributed by atoms with E-state index in [1.807, 2.05) is 0 Å². The molecule has 350 valence electrons. The van der Waals surface area contributed by atoms with E-state index in [-0.39, 0.29) is 23.7 Å². The first-order chi connectivity index (χ1) is 35.6. The van der Waals surface area contributed by atoms with Crippen LogP contribution in [-0.4, -0.2) is 13.8 Å². The zero-order valence-corrected chi connectivity index (χ0v) is 40.9. The van der Waals surface area contributed by atoms with Crippen molar-refractivity contribution in [2.45, 2.75) is 30.6 Å². The average molecular weight is 931 g/mol. The van der Waals surface area contributed by atoms with Gasteiger partial charge in [0.1, 0.15) is 5.75 Å². The zero-order valence-electron chi connectivity index (χ0n) is 40.9. The van der Waals surface area contributed by atoms with Gasteiger partial charge in [0, 0.05) is 36.1 Å². The third-order valence-corrected chi connectivity index (χ3v) is 14.3. The monoisotopic (exact) mass is 930 g/mol. The molecule has 10 aromatic carbocycles. The van der Waals surface area contributed by atoms with Gasteiger partial charge in [-0.3, -0.25) is 0 Å². The fourth-order valence-electron chi connectivity index (χ4n) is 11.2. The Morgan fingerprint density at radius 1 is 0.306 bits per heavy atom. The summed E-state index contributed by atoms with van der Waals surface area (Å²) in [6, 6.07) is 97.5. The third-order valence-electron chi connectivity index (χ3n) is 14.3. The van der Waals surface area contributed by atoms with Crippen LogP contribution >= 0.6 is 0 Å². The molecule has 1 aliphatic rings. The maximum atomic E-state index is 6.36. The molecule has 0 atom stereocenters. The second-order valence-corrected chi connectivity index (χ2v) is 18.8. The van der Waals surface area contributed by atoms with Crippen molar-refractivity contribution in [3.05, 3.63) is 352 Å². The number of nitrogens with zero attached hydrogens (tertiary/aromatic N) is 2. The largest absolute Gasteiger partial charge is 0.497 e. The molecule has 0 bridgehead atoms. The lowest BCUT2D eigenvalue weighted by Gasteiger charge is -2.35. The predicted octanol–water partition coefficient (Wildman–Crippen LogP) is 16.5. The summed E-state index contributed by atoms with van der Waals surface area (Å²) in [5.74, 6) is 0.491. The first kappa shape index (κ1) is 45.8. The molecule has 10 aromatic rings. The number of anilines is 2. The smallest absolute Gasteiger partial charge is 0.119 e. The SMILES string of the molecule is COc1cc(C(c2ccccc2)c2ccccc2)c(N2C=CN(c3c(C(c4ccccc4)c4ccccc4)cc(C)cc3C(c3ccccc3)c3ccccc3)C2)c(C(c2ccccc2)c2ccccc2)c1. The lowest BCUT2D eigenvalue weighted by molar-refractivity contribution is 0.413. The summed E-state index contributed by atoms with van der Waals surface area (Å²) in [5.41, 5.74) is 18.3. The second-order valence-electron chi connectivity index (χ2n) is 18.8. The first-order valence-electron chi connectivity index (χ1n) is 25.1. The van der Waals surface area contributed by atoms with Crippen LogP contribution in [0.25, 0.3) is 0 Å². The molecule has 0 aromatic heterocycles. The second kappa shape index (κ2) is 21.1. The molecule has 1 heterocycles. The molecule has 0 aliphatic carbocycles. The van der Waals surface area contributed by atoms with Gasteiger partial charge in [0.25, 0.3) is 0 Å². The molecule has 3 nitrogen and oxygen atoms in total.